The van der Waals surface area contributed by atoms with Gasteiger partial charge in [0.15, 0.2) is 0 Å². The van der Waals surface area contributed by atoms with Crippen LogP contribution >= 0.6 is 11.3 Å². The molecule has 1 atom stereocenters. The Labute approximate surface area is 121 Å². The fourth-order valence-corrected chi connectivity index (χ4v) is 2.80. The Morgan fingerprint density at radius 2 is 2.10 bits per heavy atom. The lowest BCUT2D eigenvalue weighted by atomic mass is 9.97. The molecule has 1 heterocycles. The molecule has 1 aromatic heterocycles. The van der Waals surface area contributed by atoms with Gasteiger partial charge < -0.3 is 10.3 Å². The van der Waals surface area contributed by atoms with E-state index in [4.69, 9.17) is 0 Å². The van der Waals surface area contributed by atoms with Crippen LogP contribution in [-0.2, 0) is 0 Å². The minimum atomic E-state index is -0.235. The van der Waals surface area contributed by atoms with Gasteiger partial charge in [-0.1, -0.05) is 43.4 Å². The number of aryl methyl sites for hydroxylation is 1. The third kappa shape index (κ3) is 2.99. The first-order valence-corrected chi connectivity index (χ1v) is 7.44. The second-order valence-electron chi connectivity index (χ2n) is 4.82. The van der Waals surface area contributed by atoms with Crippen molar-refractivity contribution in [1.29, 1.82) is 0 Å². The maximum Gasteiger partial charge on any atom is 0.305 e. The SMILES string of the molecule is CCC(C)c1ccccc1NC(=O)c1sc(=O)[nH]c1C. The molecule has 0 aliphatic rings. The van der Waals surface area contributed by atoms with Crippen LogP contribution in [0.25, 0.3) is 0 Å². The maximum absolute atomic E-state index is 12.3. The second kappa shape index (κ2) is 6.05. The molecule has 1 aromatic carbocycles. The van der Waals surface area contributed by atoms with Gasteiger partial charge in [0.1, 0.15) is 4.88 Å². The predicted octanol–water partition coefficient (Wildman–Crippen LogP) is 3.51. The molecular weight excluding hydrogens is 272 g/mol. The Balaban J connectivity index is 2.28. The molecule has 20 heavy (non-hydrogen) atoms. The van der Waals surface area contributed by atoms with E-state index in [2.05, 4.69) is 24.1 Å². The quantitative estimate of drug-likeness (QED) is 0.905. The Hall–Kier alpha value is -1.88. The van der Waals surface area contributed by atoms with Gasteiger partial charge in [0.05, 0.1) is 0 Å². The molecule has 106 valence electrons. The van der Waals surface area contributed by atoms with Crippen molar-refractivity contribution in [3.63, 3.8) is 0 Å². The Morgan fingerprint density at radius 1 is 1.40 bits per heavy atom. The van der Waals surface area contributed by atoms with Crippen LogP contribution in [0.5, 0.6) is 0 Å². The number of hydrogen-bond donors (Lipinski definition) is 2. The normalized spacial score (nSPS) is 12.2. The first kappa shape index (κ1) is 14.5. The van der Waals surface area contributed by atoms with Gasteiger partial charge in [-0.2, -0.15) is 0 Å². The van der Waals surface area contributed by atoms with Gasteiger partial charge in [0.25, 0.3) is 5.91 Å². The number of H-pyrrole nitrogens is 1. The van der Waals surface area contributed by atoms with Crippen molar-refractivity contribution in [3.8, 4) is 0 Å². The molecule has 2 aromatic rings. The number of para-hydroxylation sites is 1. The fraction of sp³-hybridized carbons (Fsp3) is 0.333. The van der Waals surface area contributed by atoms with Crippen LogP contribution in [0.1, 0.15) is 47.1 Å². The fourth-order valence-electron chi connectivity index (χ4n) is 2.06. The Kier molecular flexibility index (Phi) is 4.39. The van der Waals surface area contributed by atoms with E-state index in [0.29, 0.717) is 16.5 Å². The van der Waals surface area contributed by atoms with E-state index in [1.54, 1.807) is 6.92 Å². The van der Waals surface area contributed by atoms with Gasteiger partial charge >= 0.3 is 4.87 Å². The number of amides is 1. The number of hydrogen-bond acceptors (Lipinski definition) is 3. The number of carbonyl (C=O) groups is 1. The van der Waals surface area contributed by atoms with Crippen LogP contribution < -0.4 is 10.2 Å². The summed E-state index contributed by atoms with van der Waals surface area (Å²) >= 11 is 0.939. The Bertz CT molecular complexity index is 673. The highest BCUT2D eigenvalue weighted by Crippen LogP contribution is 2.27. The van der Waals surface area contributed by atoms with Crippen molar-refractivity contribution in [1.82, 2.24) is 4.98 Å². The lowest BCUT2D eigenvalue weighted by molar-refractivity contribution is 0.102. The highest BCUT2D eigenvalue weighted by molar-refractivity contribution is 7.11. The molecule has 2 rings (SSSR count). The third-order valence-corrected chi connectivity index (χ3v) is 4.37. The number of thiazole rings is 1. The number of anilines is 1. The van der Waals surface area contributed by atoms with Crippen LogP contribution in [0.15, 0.2) is 29.1 Å². The summed E-state index contributed by atoms with van der Waals surface area (Å²) in [5.74, 6) is 0.138. The summed E-state index contributed by atoms with van der Waals surface area (Å²) in [5, 5.41) is 2.91. The van der Waals surface area contributed by atoms with Crippen LogP contribution in [-0.4, -0.2) is 10.9 Å². The monoisotopic (exact) mass is 290 g/mol. The molecule has 0 radical (unpaired) electrons. The summed E-state index contributed by atoms with van der Waals surface area (Å²) in [6.45, 7) is 5.98. The van der Waals surface area contributed by atoms with Crippen LogP contribution in [0.4, 0.5) is 5.69 Å². The first-order valence-electron chi connectivity index (χ1n) is 6.63. The number of aromatic nitrogens is 1. The second-order valence-corrected chi connectivity index (χ2v) is 5.80. The maximum atomic E-state index is 12.3. The van der Waals surface area contributed by atoms with Crippen molar-refractivity contribution in [3.05, 3.63) is 50.1 Å². The summed E-state index contributed by atoms with van der Waals surface area (Å²) in [4.78, 5) is 26.4. The van der Waals surface area contributed by atoms with Crippen LogP contribution in [0.3, 0.4) is 0 Å². The summed E-state index contributed by atoms with van der Waals surface area (Å²) in [6.07, 6.45) is 1.00. The Morgan fingerprint density at radius 3 is 2.70 bits per heavy atom. The van der Waals surface area contributed by atoms with E-state index in [1.807, 2.05) is 24.3 Å². The number of rotatable bonds is 4. The lowest BCUT2D eigenvalue weighted by Gasteiger charge is -2.15. The standard InChI is InChI=1S/C15H18N2O2S/c1-4-9(2)11-7-5-6-8-12(11)17-14(18)13-10(3)16-15(19)20-13/h5-9H,4H2,1-3H3,(H,16,19)(H,17,18). The zero-order valence-electron chi connectivity index (χ0n) is 11.8. The van der Waals surface area contributed by atoms with Gasteiger partial charge in [-0.25, -0.2) is 0 Å². The highest BCUT2D eigenvalue weighted by Gasteiger charge is 2.16. The van der Waals surface area contributed by atoms with E-state index < -0.39 is 0 Å². The molecule has 5 heteroatoms. The molecule has 1 amide bonds. The van der Waals surface area contributed by atoms with E-state index in [-0.39, 0.29) is 10.8 Å². The van der Waals surface area contributed by atoms with Gasteiger partial charge in [-0.05, 0) is 30.9 Å². The van der Waals surface area contributed by atoms with Crippen LogP contribution in [0.2, 0.25) is 0 Å². The molecule has 0 spiro atoms. The van der Waals surface area contributed by atoms with Gasteiger partial charge in [-0.3, -0.25) is 9.59 Å². The average molecular weight is 290 g/mol. The lowest BCUT2D eigenvalue weighted by Crippen LogP contribution is -2.13. The molecule has 0 bridgehead atoms. The molecule has 4 nitrogen and oxygen atoms in total. The van der Waals surface area contributed by atoms with Crippen molar-refractivity contribution in [2.45, 2.75) is 33.1 Å². The molecule has 0 aliphatic heterocycles. The van der Waals surface area contributed by atoms with Crippen molar-refractivity contribution in [2.24, 2.45) is 0 Å². The molecule has 0 aliphatic carbocycles. The summed E-state index contributed by atoms with van der Waals surface area (Å²) < 4.78 is 0. The topological polar surface area (TPSA) is 62.0 Å². The summed E-state index contributed by atoms with van der Waals surface area (Å²) in [7, 11) is 0. The minimum absolute atomic E-state index is 0.206. The average Bonchev–Trinajstić information content (AvgIpc) is 2.77. The van der Waals surface area contributed by atoms with E-state index >= 15 is 0 Å². The molecule has 1 unspecified atom stereocenters. The van der Waals surface area contributed by atoms with Crippen molar-refractivity contribution in [2.75, 3.05) is 5.32 Å². The molecule has 2 N–H and O–H groups in total. The number of benzene rings is 1. The number of carbonyl (C=O) groups excluding carboxylic acids is 1. The minimum Gasteiger partial charge on any atom is -0.321 e. The number of nitrogens with one attached hydrogen (secondary N) is 2. The van der Waals surface area contributed by atoms with Gasteiger partial charge in [0, 0.05) is 11.4 Å². The zero-order chi connectivity index (χ0) is 14.7. The summed E-state index contributed by atoms with van der Waals surface area (Å²) in [6, 6.07) is 7.78. The van der Waals surface area contributed by atoms with Gasteiger partial charge in [0.2, 0.25) is 0 Å². The third-order valence-electron chi connectivity index (χ3n) is 3.38. The van der Waals surface area contributed by atoms with Crippen molar-refractivity contribution >= 4 is 22.9 Å². The zero-order valence-corrected chi connectivity index (χ0v) is 12.6. The van der Waals surface area contributed by atoms with Crippen LogP contribution in [0, 0.1) is 6.92 Å². The van der Waals surface area contributed by atoms with E-state index in [1.165, 1.54) is 0 Å². The first-order chi connectivity index (χ1) is 9.52. The largest absolute Gasteiger partial charge is 0.321 e. The van der Waals surface area contributed by atoms with E-state index in [9.17, 15) is 9.59 Å². The smallest absolute Gasteiger partial charge is 0.305 e. The molecule has 0 saturated heterocycles. The highest BCUT2D eigenvalue weighted by atomic mass is 32.1. The van der Waals surface area contributed by atoms with Crippen molar-refractivity contribution < 1.29 is 4.79 Å². The molecular formula is C15H18N2O2S. The van der Waals surface area contributed by atoms with E-state index in [0.717, 1.165) is 29.0 Å². The van der Waals surface area contributed by atoms with Gasteiger partial charge in [-0.15, -0.1) is 0 Å². The predicted molar refractivity (Wildman–Crippen MR) is 82.8 cm³/mol. The number of aromatic amines is 1. The summed E-state index contributed by atoms with van der Waals surface area (Å²) in [5.41, 5.74) is 2.54. The molecule has 0 saturated carbocycles. The molecule has 0 fully saturated rings.